The molecule has 1 aliphatic rings. The maximum absolute atomic E-state index is 13.5. The van der Waals surface area contributed by atoms with E-state index in [4.69, 9.17) is 0 Å². The smallest absolute Gasteiger partial charge is 0.290 e. The van der Waals surface area contributed by atoms with Gasteiger partial charge in [-0.2, -0.15) is 9.78 Å². The number of nitrogens with zero attached hydrogens (tertiary/aromatic N) is 5. The second-order valence-corrected chi connectivity index (χ2v) is 10.0. The van der Waals surface area contributed by atoms with Crippen LogP contribution < -0.4 is 16.4 Å². The summed E-state index contributed by atoms with van der Waals surface area (Å²) in [5.74, 6) is 0.671. The van der Waals surface area contributed by atoms with Crippen molar-refractivity contribution in [2.45, 2.75) is 25.7 Å². The first kappa shape index (κ1) is 23.0. The Labute approximate surface area is 215 Å². The van der Waals surface area contributed by atoms with E-state index in [0.29, 0.717) is 33.6 Å². The van der Waals surface area contributed by atoms with Crippen LogP contribution >= 0.6 is 11.3 Å². The molecule has 5 aromatic rings. The summed E-state index contributed by atoms with van der Waals surface area (Å²) in [7, 11) is 1.64. The Kier molecular flexibility index (Phi) is 5.72. The Morgan fingerprint density at radius 3 is 2.73 bits per heavy atom. The van der Waals surface area contributed by atoms with Gasteiger partial charge >= 0.3 is 0 Å². The van der Waals surface area contributed by atoms with Crippen molar-refractivity contribution < 1.29 is 4.79 Å². The van der Waals surface area contributed by atoms with Gasteiger partial charge in [-0.3, -0.25) is 14.4 Å². The minimum absolute atomic E-state index is 0.152. The predicted octanol–water partition coefficient (Wildman–Crippen LogP) is 4.04. The number of aromatic nitrogens is 5. The topological polar surface area (TPSA) is 112 Å². The Morgan fingerprint density at radius 1 is 1.05 bits per heavy atom. The second kappa shape index (κ2) is 9.21. The van der Waals surface area contributed by atoms with Crippen LogP contribution in [0.15, 0.2) is 64.7 Å². The molecule has 0 unspecified atom stereocenters. The molecule has 9 nitrogen and oxygen atoms in total. The number of hydrogen-bond acceptors (Lipinski definition) is 8. The first-order chi connectivity index (χ1) is 18.0. The molecule has 0 atom stereocenters. The monoisotopic (exact) mass is 510 g/mol. The van der Waals surface area contributed by atoms with Crippen LogP contribution in [0.4, 0.5) is 11.5 Å². The highest BCUT2D eigenvalue weighted by Gasteiger charge is 2.22. The van der Waals surface area contributed by atoms with Crippen LogP contribution in [0, 0.1) is 0 Å². The number of pyridine rings is 3. The molecule has 0 bridgehead atoms. The van der Waals surface area contributed by atoms with E-state index in [1.807, 2.05) is 6.07 Å². The molecule has 1 N–H and O–H groups in total. The molecule has 0 aromatic carbocycles. The fraction of sp³-hybridized carbons (Fsp3) is 0.185. The Bertz CT molecular complexity index is 1790. The van der Waals surface area contributed by atoms with E-state index in [1.54, 1.807) is 49.9 Å². The fourth-order valence-corrected chi connectivity index (χ4v) is 6.11. The number of nitrogens with one attached hydrogen (secondary N) is 1. The number of carbonyl (C=O) groups is 1. The van der Waals surface area contributed by atoms with Gasteiger partial charge in [-0.05, 0) is 61.1 Å². The summed E-state index contributed by atoms with van der Waals surface area (Å²) < 4.78 is 3.27. The van der Waals surface area contributed by atoms with Crippen LogP contribution in [-0.2, 0) is 19.9 Å². The molecule has 0 amide bonds. The molecular formula is C27H22N6O3S. The quantitative estimate of drug-likeness (QED) is 0.355. The van der Waals surface area contributed by atoms with Crippen LogP contribution in [0.3, 0.4) is 0 Å². The zero-order valence-electron chi connectivity index (χ0n) is 20.0. The van der Waals surface area contributed by atoms with Gasteiger partial charge in [0.25, 0.3) is 11.1 Å². The van der Waals surface area contributed by atoms with Crippen molar-refractivity contribution >= 4 is 39.2 Å². The number of hydrogen-bond donors (Lipinski definition) is 1. The highest BCUT2D eigenvalue weighted by atomic mass is 32.1. The summed E-state index contributed by atoms with van der Waals surface area (Å²) in [4.78, 5) is 48.5. The number of rotatable bonds is 5. The third-order valence-electron chi connectivity index (χ3n) is 6.61. The van der Waals surface area contributed by atoms with Crippen molar-refractivity contribution in [2.75, 3.05) is 5.32 Å². The molecule has 5 heterocycles. The summed E-state index contributed by atoms with van der Waals surface area (Å²) in [6.45, 7) is 0. The van der Waals surface area contributed by atoms with Crippen molar-refractivity contribution in [3.05, 3.63) is 91.8 Å². The van der Waals surface area contributed by atoms with Gasteiger partial charge in [0.05, 0.1) is 11.8 Å². The van der Waals surface area contributed by atoms with E-state index >= 15 is 0 Å². The molecule has 0 radical (unpaired) electrons. The van der Waals surface area contributed by atoms with E-state index in [0.717, 1.165) is 31.1 Å². The van der Waals surface area contributed by atoms with Crippen LogP contribution in [0.25, 0.3) is 27.0 Å². The number of thiophene rings is 1. The lowest BCUT2D eigenvalue weighted by atomic mass is 9.97. The third kappa shape index (κ3) is 3.95. The Morgan fingerprint density at radius 2 is 1.92 bits per heavy atom. The van der Waals surface area contributed by atoms with Gasteiger partial charge < -0.3 is 9.88 Å². The zero-order chi connectivity index (χ0) is 25.5. The van der Waals surface area contributed by atoms with Crippen molar-refractivity contribution in [2.24, 2.45) is 7.05 Å². The number of aldehydes is 1. The highest BCUT2D eigenvalue weighted by molar-refractivity contribution is 7.19. The van der Waals surface area contributed by atoms with Gasteiger partial charge in [-0.15, -0.1) is 11.3 Å². The van der Waals surface area contributed by atoms with Gasteiger partial charge in [0.1, 0.15) is 16.2 Å². The van der Waals surface area contributed by atoms with Gasteiger partial charge in [0.15, 0.2) is 12.1 Å². The SMILES string of the molecule is Cn1cc(-c2ccnc(-n3ncc4c5c(sc4c3=O)CCCC5)c2C=O)cc(Nc2ccccn2)c1=O. The van der Waals surface area contributed by atoms with Gasteiger partial charge in [-0.25, -0.2) is 9.97 Å². The van der Waals surface area contributed by atoms with Crippen molar-refractivity contribution in [1.82, 2.24) is 24.3 Å². The van der Waals surface area contributed by atoms with Crippen molar-refractivity contribution in [3.63, 3.8) is 0 Å². The van der Waals surface area contributed by atoms with E-state index < -0.39 is 0 Å². The summed E-state index contributed by atoms with van der Waals surface area (Å²) in [5, 5.41) is 8.36. The molecule has 0 spiro atoms. The molecule has 0 fully saturated rings. The minimum Gasteiger partial charge on any atom is -0.336 e. The molecule has 0 aliphatic heterocycles. The molecule has 0 saturated heterocycles. The molecule has 10 heteroatoms. The molecule has 184 valence electrons. The van der Waals surface area contributed by atoms with Crippen molar-refractivity contribution in [3.8, 4) is 16.9 Å². The molecular weight excluding hydrogens is 488 g/mol. The lowest BCUT2D eigenvalue weighted by molar-refractivity contribution is 0.112. The largest absolute Gasteiger partial charge is 0.336 e. The number of carbonyl (C=O) groups excluding carboxylic acids is 1. The van der Waals surface area contributed by atoms with Crippen LogP contribution in [0.2, 0.25) is 0 Å². The predicted molar refractivity (Wildman–Crippen MR) is 143 cm³/mol. The highest BCUT2D eigenvalue weighted by Crippen LogP contribution is 2.34. The first-order valence-corrected chi connectivity index (χ1v) is 12.7. The van der Waals surface area contributed by atoms with E-state index in [9.17, 15) is 14.4 Å². The van der Waals surface area contributed by atoms with Gasteiger partial charge in [-0.1, -0.05) is 6.07 Å². The average molecular weight is 511 g/mol. The molecule has 37 heavy (non-hydrogen) atoms. The summed E-state index contributed by atoms with van der Waals surface area (Å²) in [6.07, 6.45) is 11.3. The normalized spacial score (nSPS) is 12.9. The number of fused-ring (bicyclic) bond motifs is 3. The van der Waals surface area contributed by atoms with Gasteiger partial charge in [0.2, 0.25) is 0 Å². The zero-order valence-corrected chi connectivity index (χ0v) is 20.8. The molecule has 1 aliphatic carbocycles. The number of aryl methyl sites for hydroxylation is 3. The maximum Gasteiger partial charge on any atom is 0.290 e. The standard InChI is InChI=1S/C27H22N6O3S/c1-32-14-16(12-21(26(32)35)31-23-8-4-5-10-28-23)17-9-11-29-25(20(17)15-34)33-27(36)24-19(13-30-33)18-6-2-3-7-22(18)37-24/h4-5,8-15H,2-3,6-7H2,1H3,(H,28,31). The summed E-state index contributed by atoms with van der Waals surface area (Å²) in [6, 6.07) is 8.70. The summed E-state index contributed by atoms with van der Waals surface area (Å²) >= 11 is 1.51. The van der Waals surface area contributed by atoms with Crippen molar-refractivity contribution in [1.29, 1.82) is 0 Å². The third-order valence-corrected chi connectivity index (χ3v) is 7.91. The summed E-state index contributed by atoms with van der Waals surface area (Å²) in [5.41, 5.74) is 2.32. The minimum atomic E-state index is -0.289. The van der Waals surface area contributed by atoms with E-state index in [2.05, 4.69) is 20.4 Å². The maximum atomic E-state index is 13.5. The van der Waals surface area contributed by atoms with Gasteiger partial charge in [0, 0.05) is 41.5 Å². The average Bonchev–Trinajstić information content (AvgIpc) is 3.31. The van der Waals surface area contributed by atoms with E-state index in [-0.39, 0.29) is 22.5 Å². The lowest BCUT2D eigenvalue weighted by Crippen LogP contribution is -2.23. The molecule has 6 rings (SSSR count). The lowest BCUT2D eigenvalue weighted by Gasteiger charge is -2.14. The molecule has 5 aromatic heterocycles. The van der Waals surface area contributed by atoms with Crippen LogP contribution in [0.5, 0.6) is 0 Å². The van der Waals surface area contributed by atoms with Crippen LogP contribution in [0.1, 0.15) is 33.6 Å². The Balaban J connectivity index is 1.49. The Hall–Kier alpha value is -4.44. The fourth-order valence-electron chi connectivity index (χ4n) is 4.82. The van der Waals surface area contributed by atoms with Crippen LogP contribution in [-0.4, -0.2) is 30.6 Å². The van der Waals surface area contributed by atoms with E-state index in [1.165, 1.54) is 37.2 Å². The second-order valence-electron chi connectivity index (χ2n) is 8.93. The first-order valence-electron chi connectivity index (χ1n) is 11.9. The number of anilines is 2. The molecule has 0 saturated carbocycles.